The molecule has 2 aromatic carbocycles. The molecule has 5 rings (SSSR count). The van der Waals surface area contributed by atoms with Gasteiger partial charge < -0.3 is 5.32 Å². The minimum atomic E-state index is -0.461. The van der Waals surface area contributed by atoms with Crippen LogP contribution in [0.3, 0.4) is 0 Å². The maximum Gasteiger partial charge on any atom is 0.355 e. The minimum absolute atomic E-state index is 0.178. The lowest BCUT2D eigenvalue weighted by Gasteiger charge is -2.11. The average molecular weight is 437 g/mol. The highest BCUT2D eigenvalue weighted by atomic mass is 35.5. The number of para-hydroxylation sites is 1. The molecule has 2 aromatic heterocycles. The summed E-state index contributed by atoms with van der Waals surface area (Å²) in [6, 6.07) is 13.4. The summed E-state index contributed by atoms with van der Waals surface area (Å²) in [6.45, 7) is 1.66. The maximum atomic E-state index is 14.6. The molecule has 156 valence electrons. The first kappa shape index (κ1) is 19.5. The second-order valence-electron chi connectivity index (χ2n) is 7.67. The lowest BCUT2D eigenvalue weighted by molar-refractivity contribution is 0.0950. The first-order valence-electron chi connectivity index (χ1n) is 9.90. The van der Waals surface area contributed by atoms with Crippen LogP contribution in [0.5, 0.6) is 0 Å². The highest BCUT2D eigenvalue weighted by molar-refractivity contribution is 6.32. The van der Waals surface area contributed by atoms with Gasteiger partial charge >= 0.3 is 5.69 Å². The number of nitrogens with zero attached hydrogens (tertiary/aromatic N) is 3. The lowest BCUT2D eigenvalue weighted by Crippen LogP contribution is -2.25. The van der Waals surface area contributed by atoms with Gasteiger partial charge in [-0.05, 0) is 72.9 Å². The van der Waals surface area contributed by atoms with Gasteiger partial charge in [-0.15, -0.1) is 5.10 Å². The van der Waals surface area contributed by atoms with Crippen molar-refractivity contribution in [1.29, 1.82) is 0 Å². The van der Waals surface area contributed by atoms with Crippen LogP contribution >= 0.6 is 11.6 Å². The fourth-order valence-corrected chi connectivity index (χ4v) is 3.74. The number of hydrogen-bond donors (Lipinski definition) is 1. The molecule has 1 amide bonds. The first-order chi connectivity index (χ1) is 14.9. The zero-order chi connectivity index (χ0) is 21.7. The van der Waals surface area contributed by atoms with Gasteiger partial charge in [-0.3, -0.25) is 4.79 Å². The van der Waals surface area contributed by atoms with E-state index >= 15 is 0 Å². The number of benzene rings is 2. The van der Waals surface area contributed by atoms with Crippen LogP contribution in [-0.4, -0.2) is 26.1 Å². The van der Waals surface area contributed by atoms with Crippen molar-refractivity contribution in [2.24, 2.45) is 0 Å². The normalized spacial score (nSPS) is 13.5. The molecular weight excluding hydrogens is 419 g/mol. The second-order valence-corrected chi connectivity index (χ2v) is 8.07. The van der Waals surface area contributed by atoms with Gasteiger partial charge in [-0.2, -0.15) is 4.68 Å². The van der Waals surface area contributed by atoms with Crippen molar-refractivity contribution in [3.05, 3.63) is 87.2 Å². The Morgan fingerprint density at radius 1 is 1.19 bits per heavy atom. The summed E-state index contributed by atoms with van der Waals surface area (Å²) in [4.78, 5) is 25.2. The Balaban J connectivity index is 1.61. The number of hydrogen-bond acceptors (Lipinski definition) is 3. The van der Waals surface area contributed by atoms with E-state index in [-0.39, 0.29) is 23.2 Å². The van der Waals surface area contributed by atoms with Crippen LogP contribution in [0.25, 0.3) is 22.5 Å². The third-order valence-corrected chi connectivity index (χ3v) is 5.75. The highest BCUT2D eigenvalue weighted by Crippen LogP contribution is 2.28. The molecule has 0 spiro atoms. The summed E-state index contributed by atoms with van der Waals surface area (Å²) in [6.07, 6.45) is 3.49. The molecule has 31 heavy (non-hydrogen) atoms. The Morgan fingerprint density at radius 3 is 2.71 bits per heavy atom. The van der Waals surface area contributed by atoms with E-state index in [0.29, 0.717) is 33.0 Å². The van der Waals surface area contributed by atoms with Crippen molar-refractivity contribution >= 4 is 23.2 Å². The van der Waals surface area contributed by atoms with Gasteiger partial charge in [0.15, 0.2) is 5.65 Å². The zero-order valence-corrected chi connectivity index (χ0v) is 17.4. The maximum absolute atomic E-state index is 14.6. The summed E-state index contributed by atoms with van der Waals surface area (Å²) in [5.74, 6) is -0.750. The minimum Gasteiger partial charge on any atom is -0.349 e. The molecule has 0 atom stereocenters. The van der Waals surface area contributed by atoms with E-state index in [2.05, 4.69) is 10.4 Å². The number of pyridine rings is 1. The number of amides is 1. The molecule has 1 aliphatic rings. The van der Waals surface area contributed by atoms with Gasteiger partial charge in [0.2, 0.25) is 0 Å². The van der Waals surface area contributed by atoms with Gasteiger partial charge in [-0.25, -0.2) is 13.6 Å². The van der Waals surface area contributed by atoms with Crippen LogP contribution < -0.4 is 11.0 Å². The van der Waals surface area contributed by atoms with Crippen LogP contribution in [0.2, 0.25) is 5.02 Å². The van der Waals surface area contributed by atoms with Gasteiger partial charge in [0.25, 0.3) is 5.91 Å². The number of rotatable bonds is 4. The van der Waals surface area contributed by atoms with Crippen LogP contribution in [0.15, 0.2) is 59.5 Å². The van der Waals surface area contributed by atoms with Crippen LogP contribution in [-0.2, 0) is 0 Å². The molecule has 1 aliphatic carbocycles. The fourth-order valence-electron chi connectivity index (χ4n) is 3.53. The molecule has 4 aromatic rings. The highest BCUT2D eigenvalue weighted by Gasteiger charge is 2.24. The Labute approximate surface area is 181 Å². The Bertz CT molecular complexity index is 1400. The molecular formula is C23H18ClFN4O2. The zero-order valence-electron chi connectivity index (χ0n) is 16.6. The number of aromatic nitrogens is 3. The van der Waals surface area contributed by atoms with Gasteiger partial charge in [0.05, 0.1) is 10.7 Å². The van der Waals surface area contributed by atoms with E-state index < -0.39 is 5.82 Å². The van der Waals surface area contributed by atoms with E-state index in [0.717, 1.165) is 12.8 Å². The van der Waals surface area contributed by atoms with Crippen molar-refractivity contribution in [1.82, 2.24) is 19.5 Å². The molecule has 0 unspecified atom stereocenters. The fraction of sp³-hybridized carbons (Fsp3) is 0.174. The van der Waals surface area contributed by atoms with Gasteiger partial charge in [-0.1, -0.05) is 23.7 Å². The summed E-state index contributed by atoms with van der Waals surface area (Å²) in [5, 5.41) is 7.68. The third-order valence-electron chi connectivity index (χ3n) is 5.44. The van der Waals surface area contributed by atoms with Crippen molar-refractivity contribution in [2.75, 3.05) is 0 Å². The molecule has 1 N–H and O–H groups in total. The Hall–Kier alpha value is -3.45. The molecule has 0 radical (unpaired) electrons. The van der Waals surface area contributed by atoms with Gasteiger partial charge in [0.1, 0.15) is 5.82 Å². The Morgan fingerprint density at radius 2 is 1.97 bits per heavy atom. The number of halogens is 2. The van der Waals surface area contributed by atoms with E-state index in [1.54, 1.807) is 55.6 Å². The molecule has 0 saturated heterocycles. The first-order valence-corrected chi connectivity index (χ1v) is 10.3. The molecule has 0 aliphatic heterocycles. The summed E-state index contributed by atoms with van der Waals surface area (Å²) in [5.41, 5.74) is 2.40. The molecule has 8 heteroatoms. The molecule has 0 bridgehead atoms. The topological polar surface area (TPSA) is 68.4 Å². The Kier molecular flexibility index (Phi) is 4.63. The van der Waals surface area contributed by atoms with Crippen molar-refractivity contribution in [2.45, 2.75) is 25.8 Å². The number of carbonyl (C=O) groups excluding carboxylic acids is 1. The summed E-state index contributed by atoms with van der Waals surface area (Å²) in [7, 11) is 0. The molecule has 6 nitrogen and oxygen atoms in total. The average Bonchev–Trinajstić information content (AvgIpc) is 3.52. The standard InChI is InChI=1S/C23H18ClFN4O2/c1-13-17(10-15(11-19(13)25)22(30)26-16-6-7-16)14-8-9-28-21(12-14)27-29(23(28)31)20-5-3-2-4-18(20)24/h2-5,8-12,16H,6-7H2,1H3,(H,26,30). The van der Waals surface area contributed by atoms with Crippen LogP contribution in [0.1, 0.15) is 28.8 Å². The summed E-state index contributed by atoms with van der Waals surface area (Å²) < 4.78 is 17.2. The van der Waals surface area contributed by atoms with Crippen molar-refractivity contribution in [3.8, 4) is 16.8 Å². The second kappa shape index (κ2) is 7.35. The van der Waals surface area contributed by atoms with Crippen LogP contribution in [0, 0.1) is 12.7 Å². The largest absolute Gasteiger partial charge is 0.355 e. The van der Waals surface area contributed by atoms with Crippen molar-refractivity contribution in [3.63, 3.8) is 0 Å². The predicted molar refractivity (Wildman–Crippen MR) is 116 cm³/mol. The monoisotopic (exact) mass is 436 g/mol. The summed E-state index contributed by atoms with van der Waals surface area (Å²) >= 11 is 6.22. The van der Waals surface area contributed by atoms with Crippen LogP contribution in [0.4, 0.5) is 4.39 Å². The lowest BCUT2D eigenvalue weighted by atomic mass is 9.98. The van der Waals surface area contributed by atoms with Gasteiger partial charge in [0, 0.05) is 17.8 Å². The number of nitrogens with one attached hydrogen (secondary N) is 1. The van der Waals surface area contributed by atoms with E-state index in [9.17, 15) is 14.0 Å². The molecule has 1 fully saturated rings. The van der Waals surface area contributed by atoms with E-state index in [4.69, 9.17) is 11.6 Å². The number of fused-ring (bicyclic) bond motifs is 1. The van der Waals surface area contributed by atoms with E-state index in [1.807, 2.05) is 0 Å². The van der Waals surface area contributed by atoms with E-state index in [1.165, 1.54) is 15.1 Å². The van der Waals surface area contributed by atoms with Crippen molar-refractivity contribution < 1.29 is 9.18 Å². The molecule has 1 saturated carbocycles. The smallest absolute Gasteiger partial charge is 0.349 e. The predicted octanol–water partition coefficient (Wildman–Crippen LogP) is 4.15. The number of carbonyl (C=O) groups is 1. The molecule has 2 heterocycles. The SMILES string of the molecule is Cc1c(F)cc(C(=O)NC2CC2)cc1-c1ccn2c(=O)n(-c3ccccc3Cl)nc2c1. The third kappa shape index (κ3) is 3.51. The quantitative estimate of drug-likeness (QED) is 0.522.